The maximum atomic E-state index is 6.14. The maximum absolute atomic E-state index is 6.14. The number of rotatable bonds is 2. The van der Waals surface area contributed by atoms with Gasteiger partial charge in [-0.1, -0.05) is 33.6 Å². The van der Waals surface area contributed by atoms with Crippen LogP contribution >= 0.6 is 27.5 Å². The predicted molar refractivity (Wildman–Crippen MR) is 79.9 cm³/mol. The van der Waals surface area contributed by atoms with Crippen LogP contribution < -0.4 is 0 Å². The van der Waals surface area contributed by atoms with Crippen LogP contribution in [0.15, 0.2) is 22.6 Å². The lowest BCUT2D eigenvalue weighted by Gasteiger charge is -2.14. The van der Waals surface area contributed by atoms with Crippen LogP contribution in [0.1, 0.15) is 38.6 Å². The van der Waals surface area contributed by atoms with Crippen molar-refractivity contribution in [2.75, 3.05) is 0 Å². The van der Waals surface area contributed by atoms with Crippen molar-refractivity contribution in [2.45, 2.75) is 32.5 Å². The molecule has 2 rings (SSSR count). The molecule has 1 unspecified atom stereocenters. The third kappa shape index (κ3) is 2.50. The van der Waals surface area contributed by atoms with E-state index in [9.17, 15) is 0 Å². The van der Waals surface area contributed by atoms with Crippen molar-refractivity contribution in [2.24, 2.45) is 0 Å². The van der Waals surface area contributed by atoms with Gasteiger partial charge in [-0.25, -0.2) is 0 Å². The molecule has 0 radical (unpaired) electrons. The van der Waals surface area contributed by atoms with Crippen LogP contribution in [0.5, 0.6) is 0 Å². The van der Waals surface area contributed by atoms with Gasteiger partial charge < -0.3 is 4.42 Å². The Bertz CT molecular complexity index is 586. The molecular formula is C15H16BrClO. The fourth-order valence-corrected chi connectivity index (χ4v) is 3.31. The molecule has 1 nitrogen and oxygen atoms in total. The Hall–Kier alpha value is -0.730. The van der Waals surface area contributed by atoms with E-state index in [0.717, 1.165) is 22.1 Å². The molecular weight excluding hydrogens is 312 g/mol. The number of furan rings is 1. The Kier molecular flexibility index (Phi) is 3.88. The lowest BCUT2D eigenvalue weighted by molar-refractivity contribution is 0.502. The number of benzene rings is 1. The van der Waals surface area contributed by atoms with Gasteiger partial charge in [-0.15, -0.1) is 0 Å². The van der Waals surface area contributed by atoms with E-state index >= 15 is 0 Å². The van der Waals surface area contributed by atoms with E-state index < -0.39 is 0 Å². The summed E-state index contributed by atoms with van der Waals surface area (Å²) in [5.74, 6) is 1.90. The highest BCUT2D eigenvalue weighted by Crippen LogP contribution is 2.37. The zero-order chi connectivity index (χ0) is 13.4. The van der Waals surface area contributed by atoms with Crippen LogP contribution in [-0.2, 0) is 0 Å². The van der Waals surface area contributed by atoms with Gasteiger partial charge in [0.2, 0.25) is 0 Å². The Morgan fingerprint density at radius 3 is 2.22 bits per heavy atom. The number of halogens is 2. The fraction of sp³-hybridized carbons (Fsp3) is 0.333. The summed E-state index contributed by atoms with van der Waals surface area (Å²) in [5.41, 5.74) is 4.70. The zero-order valence-electron chi connectivity index (χ0n) is 11.0. The van der Waals surface area contributed by atoms with Crippen molar-refractivity contribution >= 4 is 27.5 Å². The molecule has 0 aliphatic rings. The van der Waals surface area contributed by atoms with E-state index in [2.05, 4.69) is 35.0 Å². The van der Waals surface area contributed by atoms with Crippen LogP contribution in [0.4, 0.5) is 0 Å². The van der Waals surface area contributed by atoms with Crippen LogP contribution in [-0.4, -0.2) is 0 Å². The second-order valence-corrected chi connectivity index (χ2v) is 6.01. The summed E-state index contributed by atoms with van der Waals surface area (Å²) in [4.78, 5) is 0.144. The van der Waals surface area contributed by atoms with E-state index in [4.69, 9.17) is 16.0 Å². The van der Waals surface area contributed by atoms with Gasteiger partial charge in [0.15, 0.2) is 0 Å². The molecule has 2 aromatic rings. The van der Waals surface area contributed by atoms with Gasteiger partial charge in [0.1, 0.15) is 11.5 Å². The van der Waals surface area contributed by atoms with Gasteiger partial charge >= 0.3 is 0 Å². The molecule has 0 spiro atoms. The van der Waals surface area contributed by atoms with Crippen molar-refractivity contribution in [3.63, 3.8) is 0 Å². The molecule has 1 aromatic carbocycles. The van der Waals surface area contributed by atoms with E-state index in [1.807, 2.05) is 26.8 Å². The molecule has 3 heteroatoms. The minimum absolute atomic E-state index is 0.144. The number of hydrogen-bond donors (Lipinski definition) is 0. The Morgan fingerprint density at radius 1 is 1.00 bits per heavy atom. The summed E-state index contributed by atoms with van der Waals surface area (Å²) in [5, 5.41) is 0.816. The standard InChI is InChI=1S/C15H16BrClO/c1-8-6-14(17)9(2)5-12(8)15(16)13-7-10(3)18-11(13)4/h5-7,15H,1-4H3. The average Bonchev–Trinajstić information content (AvgIpc) is 2.62. The smallest absolute Gasteiger partial charge is 0.105 e. The quantitative estimate of drug-likeness (QED) is 0.649. The molecule has 18 heavy (non-hydrogen) atoms. The van der Waals surface area contributed by atoms with Crippen molar-refractivity contribution in [3.8, 4) is 0 Å². The van der Waals surface area contributed by atoms with Crippen LogP contribution in [0, 0.1) is 27.7 Å². The second-order valence-electron chi connectivity index (χ2n) is 4.69. The first-order valence-corrected chi connectivity index (χ1v) is 7.17. The van der Waals surface area contributed by atoms with Gasteiger partial charge in [-0.3, -0.25) is 0 Å². The molecule has 0 fully saturated rings. The average molecular weight is 328 g/mol. The molecule has 0 N–H and O–H groups in total. The summed E-state index contributed by atoms with van der Waals surface area (Å²) in [6.07, 6.45) is 0. The maximum Gasteiger partial charge on any atom is 0.105 e. The van der Waals surface area contributed by atoms with Gasteiger partial charge in [0.25, 0.3) is 0 Å². The van der Waals surface area contributed by atoms with Crippen LogP contribution in [0.25, 0.3) is 0 Å². The van der Waals surface area contributed by atoms with E-state index in [-0.39, 0.29) is 4.83 Å². The largest absolute Gasteiger partial charge is 0.466 e. The minimum atomic E-state index is 0.144. The topological polar surface area (TPSA) is 13.1 Å². The molecule has 1 atom stereocenters. The lowest BCUT2D eigenvalue weighted by atomic mass is 9.98. The lowest BCUT2D eigenvalue weighted by Crippen LogP contribution is -1.97. The Morgan fingerprint density at radius 2 is 1.67 bits per heavy atom. The molecule has 1 heterocycles. The molecule has 0 bridgehead atoms. The van der Waals surface area contributed by atoms with Crippen molar-refractivity contribution in [1.29, 1.82) is 0 Å². The summed E-state index contributed by atoms with van der Waals surface area (Å²) in [7, 11) is 0. The fourth-order valence-electron chi connectivity index (χ4n) is 2.15. The first-order chi connectivity index (χ1) is 8.40. The van der Waals surface area contributed by atoms with Gasteiger partial charge in [-0.05, 0) is 56.5 Å². The van der Waals surface area contributed by atoms with Crippen LogP contribution in [0.3, 0.4) is 0 Å². The molecule has 0 saturated heterocycles. The summed E-state index contributed by atoms with van der Waals surface area (Å²) >= 11 is 9.90. The Labute approximate surface area is 121 Å². The van der Waals surface area contributed by atoms with Crippen molar-refractivity contribution in [3.05, 3.63) is 57.0 Å². The summed E-state index contributed by atoms with van der Waals surface area (Å²) in [6, 6.07) is 6.24. The number of hydrogen-bond acceptors (Lipinski definition) is 1. The second kappa shape index (κ2) is 5.10. The van der Waals surface area contributed by atoms with Gasteiger partial charge in [0, 0.05) is 10.6 Å². The molecule has 0 aliphatic heterocycles. The highest BCUT2D eigenvalue weighted by Gasteiger charge is 2.18. The van der Waals surface area contributed by atoms with E-state index in [1.54, 1.807) is 0 Å². The number of aryl methyl sites for hydroxylation is 4. The van der Waals surface area contributed by atoms with E-state index in [1.165, 1.54) is 16.7 Å². The third-order valence-electron chi connectivity index (χ3n) is 3.17. The highest BCUT2D eigenvalue weighted by atomic mass is 79.9. The Balaban J connectivity index is 2.49. The zero-order valence-corrected chi connectivity index (χ0v) is 13.3. The first kappa shape index (κ1) is 13.7. The van der Waals surface area contributed by atoms with Crippen molar-refractivity contribution in [1.82, 2.24) is 0 Å². The van der Waals surface area contributed by atoms with Crippen LogP contribution in [0.2, 0.25) is 5.02 Å². The normalized spacial score (nSPS) is 12.8. The number of alkyl halides is 1. The summed E-state index contributed by atoms with van der Waals surface area (Å²) < 4.78 is 5.59. The third-order valence-corrected chi connectivity index (χ3v) is 4.57. The van der Waals surface area contributed by atoms with Crippen molar-refractivity contribution < 1.29 is 4.42 Å². The predicted octanol–water partition coefficient (Wildman–Crippen LogP) is 5.65. The molecule has 0 aliphatic carbocycles. The van der Waals surface area contributed by atoms with Gasteiger partial charge in [0.05, 0.1) is 4.83 Å². The molecule has 0 amide bonds. The molecule has 0 saturated carbocycles. The first-order valence-electron chi connectivity index (χ1n) is 5.87. The monoisotopic (exact) mass is 326 g/mol. The minimum Gasteiger partial charge on any atom is -0.466 e. The highest BCUT2D eigenvalue weighted by molar-refractivity contribution is 9.09. The van der Waals surface area contributed by atoms with Gasteiger partial charge in [-0.2, -0.15) is 0 Å². The van der Waals surface area contributed by atoms with E-state index in [0.29, 0.717) is 0 Å². The SMILES string of the molecule is Cc1cc(C(Br)c2cc(C)c(Cl)cc2C)c(C)o1. The summed E-state index contributed by atoms with van der Waals surface area (Å²) in [6.45, 7) is 8.07. The molecule has 1 aromatic heterocycles. The molecule has 96 valence electrons.